The molecule has 0 fully saturated rings. The normalized spacial score (nSPS) is 8.86. The topological polar surface area (TPSA) is 59.1 Å². The Morgan fingerprint density at radius 1 is 1.14 bits per heavy atom. The second-order valence-electron chi connectivity index (χ2n) is 2.57. The molecule has 0 aliphatic carbocycles. The van der Waals surface area contributed by atoms with E-state index in [2.05, 4.69) is 4.98 Å². The van der Waals surface area contributed by atoms with Crippen LogP contribution in [0, 0.1) is 0 Å². The van der Waals surface area contributed by atoms with Crippen molar-refractivity contribution in [3.05, 3.63) is 30.5 Å². The number of nitrogens with zero attached hydrogens (tertiary/aromatic N) is 1. The largest absolute Gasteiger partial charge is 0.506 e. The quantitative estimate of drug-likeness (QED) is 0.542. The fourth-order valence-corrected chi connectivity index (χ4v) is 1.18. The molecular formula is C9H10Cl2N2O. The highest BCUT2D eigenvalue weighted by Crippen LogP contribution is 2.26. The van der Waals surface area contributed by atoms with Gasteiger partial charge in [0.05, 0.1) is 0 Å². The Balaban J connectivity index is 0.000000845. The third-order valence-corrected chi connectivity index (χ3v) is 1.78. The summed E-state index contributed by atoms with van der Waals surface area (Å²) in [6.07, 6.45) is 1.63. The number of nitrogens with two attached hydrogens (primary N) is 1. The van der Waals surface area contributed by atoms with Crippen molar-refractivity contribution >= 4 is 41.4 Å². The third kappa shape index (κ3) is 2.00. The van der Waals surface area contributed by atoms with Crippen molar-refractivity contribution < 1.29 is 5.11 Å². The van der Waals surface area contributed by atoms with Crippen molar-refractivity contribution in [3.63, 3.8) is 0 Å². The fraction of sp³-hybridized carbons (Fsp3) is 0. The van der Waals surface area contributed by atoms with Gasteiger partial charge in [0.15, 0.2) is 0 Å². The van der Waals surface area contributed by atoms with Crippen molar-refractivity contribution in [3.8, 4) is 5.75 Å². The summed E-state index contributed by atoms with van der Waals surface area (Å²) in [6.45, 7) is 0. The standard InChI is InChI=1S/C9H8N2O.2ClH/c10-7-3-4-8(12)9-6(7)2-1-5-11-9;;/h1-5,12H,10H2;2*1H. The number of benzene rings is 1. The van der Waals surface area contributed by atoms with Crippen LogP contribution in [0.2, 0.25) is 0 Å². The maximum Gasteiger partial charge on any atom is 0.141 e. The lowest BCUT2D eigenvalue weighted by molar-refractivity contribution is 0.480. The molecule has 2 aromatic rings. The van der Waals surface area contributed by atoms with E-state index >= 15 is 0 Å². The fourth-order valence-electron chi connectivity index (χ4n) is 1.18. The van der Waals surface area contributed by atoms with E-state index in [1.165, 1.54) is 0 Å². The van der Waals surface area contributed by atoms with Crippen molar-refractivity contribution in [1.82, 2.24) is 4.98 Å². The number of hydrogen-bond acceptors (Lipinski definition) is 3. The van der Waals surface area contributed by atoms with Crippen LogP contribution < -0.4 is 5.73 Å². The number of aromatic hydroxyl groups is 1. The number of phenolic OH excluding ortho intramolecular Hbond substituents is 1. The minimum atomic E-state index is 0. The number of rotatable bonds is 0. The van der Waals surface area contributed by atoms with E-state index in [-0.39, 0.29) is 30.6 Å². The molecular weight excluding hydrogens is 223 g/mol. The van der Waals surface area contributed by atoms with Gasteiger partial charge in [-0.05, 0) is 24.3 Å². The van der Waals surface area contributed by atoms with Crippen LogP contribution in [0.25, 0.3) is 10.9 Å². The SMILES string of the molecule is Cl.Cl.Nc1ccc(O)c2ncccc12. The molecule has 76 valence electrons. The monoisotopic (exact) mass is 232 g/mol. The Hall–Kier alpha value is -1.19. The molecule has 0 spiro atoms. The molecule has 2 rings (SSSR count). The van der Waals surface area contributed by atoms with E-state index in [1.807, 2.05) is 6.07 Å². The molecule has 5 heteroatoms. The van der Waals surface area contributed by atoms with Crippen molar-refractivity contribution in [2.24, 2.45) is 0 Å². The molecule has 0 amide bonds. The van der Waals surface area contributed by atoms with Crippen LogP contribution in [-0.2, 0) is 0 Å². The number of hydrogen-bond donors (Lipinski definition) is 2. The first-order valence-electron chi connectivity index (χ1n) is 3.61. The molecule has 1 aromatic heterocycles. The van der Waals surface area contributed by atoms with Crippen molar-refractivity contribution in [2.45, 2.75) is 0 Å². The van der Waals surface area contributed by atoms with E-state index in [0.29, 0.717) is 11.2 Å². The Kier molecular flexibility index (Phi) is 4.47. The predicted octanol–water partition coefficient (Wildman–Crippen LogP) is 2.37. The number of phenols is 1. The maximum atomic E-state index is 9.38. The number of halogens is 2. The van der Waals surface area contributed by atoms with Gasteiger partial charge in [0, 0.05) is 17.3 Å². The first-order valence-corrected chi connectivity index (χ1v) is 3.61. The highest BCUT2D eigenvalue weighted by atomic mass is 35.5. The first-order chi connectivity index (χ1) is 5.79. The number of nitrogen functional groups attached to an aromatic ring is 1. The molecule has 3 nitrogen and oxygen atoms in total. The van der Waals surface area contributed by atoms with Crippen LogP contribution in [0.3, 0.4) is 0 Å². The Morgan fingerprint density at radius 2 is 1.86 bits per heavy atom. The molecule has 3 N–H and O–H groups in total. The summed E-state index contributed by atoms with van der Waals surface area (Å²) >= 11 is 0. The summed E-state index contributed by atoms with van der Waals surface area (Å²) in [5.41, 5.74) is 6.86. The van der Waals surface area contributed by atoms with Gasteiger partial charge in [-0.25, -0.2) is 0 Å². The minimum absolute atomic E-state index is 0. The zero-order valence-electron chi connectivity index (χ0n) is 7.18. The predicted molar refractivity (Wildman–Crippen MR) is 62.3 cm³/mol. The van der Waals surface area contributed by atoms with Crippen LogP contribution in [0.5, 0.6) is 5.75 Å². The Bertz CT molecular complexity index is 394. The Morgan fingerprint density at radius 3 is 2.50 bits per heavy atom. The van der Waals surface area contributed by atoms with Crippen molar-refractivity contribution in [2.75, 3.05) is 5.73 Å². The summed E-state index contributed by atoms with van der Waals surface area (Å²) in [4.78, 5) is 4.01. The molecule has 0 aliphatic heterocycles. The zero-order chi connectivity index (χ0) is 8.55. The van der Waals surface area contributed by atoms with Crippen LogP contribution in [-0.4, -0.2) is 10.1 Å². The third-order valence-electron chi connectivity index (χ3n) is 1.78. The van der Waals surface area contributed by atoms with E-state index in [9.17, 15) is 5.11 Å². The number of anilines is 1. The van der Waals surface area contributed by atoms with Gasteiger partial charge in [-0.3, -0.25) is 4.98 Å². The number of pyridine rings is 1. The van der Waals surface area contributed by atoms with Gasteiger partial charge in [0.25, 0.3) is 0 Å². The van der Waals surface area contributed by atoms with Gasteiger partial charge in [0.2, 0.25) is 0 Å². The molecule has 0 saturated heterocycles. The maximum absolute atomic E-state index is 9.38. The molecule has 1 heterocycles. The second-order valence-corrected chi connectivity index (χ2v) is 2.57. The Labute approximate surface area is 93.8 Å². The van der Waals surface area contributed by atoms with Gasteiger partial charge >= 0.3 is 0 Å². The van der Waals surface area contributed by atoms with Crippen LogP contribution in [0.15, 0.2) is 30.5 Å². The van der Waals surface area contributed by atoms with Crippen LogP contribution in [0.1, 0.15) is 0 Å². The molecule has 1 aromatic carbocycles. The summed E-state index contributed by atoms with van der Waals surface area (Å²) in [7, 11) is 0. The second kappa shape index (κ2) is 4.88. The molecule has 0 unspecified atom stereocenters. The lowest BCUT2D eigenvalue weighted by Gasteiger charge is -2.01. The molecule has 14 heavy (non-hydrogen) atoms. The van der Waals surface area contributed by atoms with E-state index in [0.717, 1.165) is 5.39 Å². The summed E-state index contributed by atoms with van der Waals surface area (Å²) in [6, 6.07) is 6.83. The van der Waals surface area contributed by atoms with E-state index in [4.69, 9.17) is 5.73 Å². The summed E-state index contributed by atoms with van der Waals surface area (Å²) in [5.74, 6) is 0.166. The molecule has 0 atom stereocenters. The number of fused-ring (bicyclic) bond motifs is 1. The van der Waals surface area contributed by atoms with Crippen LogP contribution >= 0.6 is 24.8 Å². The minimum Gasteiger partial charge on any atom is -0.506 e. The molecule has 0 aliphatic rings. The highest BCUT2D eigenvalue weighted by molar-refractivity contribution is 5.93. The van der Waals surface area contributed by atoms with Crippen LogP contribution in [0.4, 0.5) is 5.69 Å². The molecule has 0 bridgehead atoms. The lowest BCUT2D eigenvalue weighted by atomic mass is 10.2. The molecule has 0 saturated carbocycles. The van der Waals surface area contributed by atoms with E-state index in [1.54, 1.807) is 24.4 Å². The average Bonchev–Trinajstić information content (AvgIpc) is 2.12. The van der Waals surface area contributed by atoms with Crippen molar-refractivity contribution in [1.29, 1.82) is 0 Å². The van der Waals surface area contributed by atoms with Gasteiger partial charge < -0.3 is 10.8 Å². The average molecular weight is 233 g/mol. The summed E-state index contributed by atoms with van der Waals surface area (Å²) < 4.78 is 0. The van der Waals surface area contributed by atoms with Gasteiger partial charge in [-0.2, -0.15) is 0 Å². The van der Waals surface area contributed by atoms with E-state index < -0.39 is 0 Å². The zero-order valence-corrected chi connectivity index (χ0v) is 8.81. The lowest BCUT2D eigenvalue weighted by Crippen LogP contribution is -1.87. The smallest absolute Gasteiger partial charge is 0.141 e. The van der Waals surface area contributed by atoms with Gasteiger partial charge in [0.1, 0.15) is 11.3 Å². The first kappa shape index (κ1) is 12.8. The number of aromatic nitrogens is 1. The molecule has 0 radical (unpaired) electrons. The highest BCUT2D eigenvalue weighted by Gasteiger charge is 2.01. The van der Waals surface area contributed by atoms with Gasteiger partial charge in [-0.1, -0.05) is 0 Å². The summed E-state index contributed by atoms with van der Waals surface area (Å²) in [5, 5.41) is 10.2. The van der Waals surface area contributed by atoms with Gasteiger partial charge in [-0.15, -0.1) is 24.8 Å².